The van der Waals surface area contributed by atoms with Crippen LogP contribution in [0.25, 0.3) is 0 Å². The summed E-state index contributed by atoms with van der Waals surface area (Å²) in [5.41, 5.74) is 1.88. The molecular formula is C21H25NO5. The van der Waals surface area contributed by atoms with Crippen LogP contribution in [-0.2, 0) is 20.7 Å². The number of carbonyl (C=O) groups is 2. The van der Waals surface area contributed by atoms with Gasteiger partial charge in [-0.25, -0.2) is 4.79 Å². The number of aliphatic carboxylic acids is 1. The fraction of sp³-hybridized carbons (Fsp3) is 0.333. The van der Waals surface area contributed by atoms with Gasteiger partial charge in [0, 0.05) is 20.6 Å². The summed E-state index contributed by atoms with van der Waals surface area (Å²) >= 11 is 0. The highest BCUT2D eigenvalue weighted by molar-refractivity contribution is 5.78. The van der Waals surface area contributed by atoms with Gasteiger partial charge in [-0.2, -0.15) is 0 Å². The molecule has 2 aromatic rings. The second-order valence-corrected chi connectivity index (χ2v) is 6.29. The van der Waals surface area contributed by atoms with Crippen LogP contribution in [0.5, 0.6) is 5.75 Å². The van der Waals surface area contributed by atoms with Gasteiger partial charge in [-0.1, -0.05) is 42.5 Å². The lowest BCUT2D eigenvalue weighted by molar-refractivity contribution is -0.148. The van der Waals surface area contributed by atoms with Crippen molar-refractivity contribution in [2.24, 2.45) is 0 Å². The summed E-state index contributed by atoms with van der Waals surface area (Å²) in [5.74, 6) is -0.572. The number of carboxylic acid groups (broad SMARTS) is 1. The largest absolute Gasteiger partial charge is 0.484 e. The number of amides is 1. The van der Waals surface area contributed by atoms with Gasteiger partial charge in [0.2, 0.25) is 0 Å². The molecule has 0 aliphatic carbocycles. The van der Waals surface area contributed by atoms with Crippen LogP contribution >= 0.6 is 0 Å². The maximum atomic E-state index is 12.4. The molecule has 0 aromatic heterocycles. The molecule has 0 bridgehead atoms. The Bertz CT molecular complexity index is 745. The number of rotatable bonds is 9. The van der Waals surface area contributed by atoms with Crippen molar-refractivity contribution in [2.45, 2.75) is 25.5 Å². The highest BCUT2D eigenvalue weighted by atomic mass is 16.5. The molecule has 1 amide bonds. The number of hydrogen-bond donors (Lipinski definition) is 1. The highest BCUT2D eigenvalue weighted by Gasteiger charge is 2.18. The fourth-order valence-electron chi connectivity index (χ4n) is 2.63. The first-order chi connectivity index (χ1) is 12.9. The molecule has 0 aliphatic rings. The number of nitrogens with zero attached hydrogens (tertiary/aromatic N) is 1. The standard InChI is InChI=1S/C21H25NO5/c1-15(17-7-5-4-6-8-17)22(2)20(23)14-27-18-11-9-16(10-12-18)13-19(26-3)21(24)25/h4-12,15,19H,13-14H2,1-3H3,(H,24,25)/t15?,19-/m0/s1. The van der Waals surface area contributed by atoms with Crippen molar-refractivity contribution in [3.63, 3.8) is 0 Å². The predicted molar refractivity (Wildman–Crippen MR) is 102 cm³/mol. The third kappa shape index (κ3) is 5.82. The van der Waals surface area contributed by atoms with Crippen LogP contribution < -0.4 is 4.74 Å². The van der Waals surface area contributed by atoms with E-state index >= 15 is 0 Å². The highest BCUT2D eigenvalue weighted by Crippen LogP contribution is 2.19. The van der Waals surface area contributed by atoms with E-state index in [1.54, 1.807) is 36.2 Å². The van der Waals surface area contributed by atoms with E-state index in [-0.39, 0.29) is 25.0 Å². The predicted octanol–water partition coefficient (Wildman–Crippen LogP) is 2.93. The van der Waals surface area contributed by atoms with Gasteiger partial charge >= 0.3 is 5.97 Å². The second-order valence-electron chi connectivity index (χ2n) is 6.29. The molecule has 6 nitrogen and oxygen atoms in total. The van der Waals surface area contributed by atoms with E-state index in [1.807, 2.05) is 37.3 Å². The lowest BCUT2D eigenvalue weighted by Crippen LogP contribution is -2.33. The summed E-state index contributed by atoms with van der Waals surface area (Å²) in [6, 6.07) is 16.7. The van der Waals surface area contributed by atoms with Gasteiger partial charge in [0.25, 0.3) is 5.91 Å². The number of carbonyl (C=O) groups excluding carboxylic acids is 1. The fourth-order valence-corrected chi connectivity index (χ4v) is 2.63. The summed E-state index contributed by atoms with van der Waals surface area (Å²) in [6.45, 7) is 1.90. The molecule has 1 N–H and O–H groups in total. The monoisotopic (exact) mass is 371 g/mol. The quantitative estimate of drug-likeness (QED) is 0.733. The minimum absolute atomic E-state index is 0.0494. The van der Waals surface area contributed by atoms with E-state index in [9.17, 15) is 9.59 Å². The average Bonchev–Trinajstić information content (AvgIpc) is 2.70. The molecule has 0 fully saturated rings. The summed E-state index contributed by atoms with van der Waals surface area (Å²) in [6.07, 6.45) is -0.617. The molecular weight excluding hydrogens is 346 g/mol. The van der Waals surface area contributed by atoms with Crippen molar-refractivity contribution >= 4 is 11.9 Å². The molecule has 144 valence electrons. The minimum atomic E-state index is -1.00. The molecule has 0 spiro atoms. The smallest absolute Gasteiger partial charge is 0.333 e. The van der Waals surface area contributed by atoms with Gasteiger partial charge in [-0.15, -0.1) is 0 Å². The van der Waals surface area contributed by atoms with Crippen LogP contribution in [0.2, 0.25) is 0 Å². The molecule has 2 atom stereocenters. The Labute approximate surface area is 159 Å². The molecule has 0 saturated carbocycles. The third-order valence-electron chi connectivity index (χ3n) is 4.52. The molecule has 27 heavy (non-hydrogen) atoms. The van der Waals surface area contributed by atoms with Gasteiger partial charge in [0.1, 0.15) is 5.75 Å². The number of ether oxygens (including phenoxy) is 2. The lowest BCUT2D eigenvalue weighted by Gasteiger charge is -2.25. The Morgan fingerprint density at radius 3 is 2.26 bits per heavy atom. The van der Waals surface area contributed by atoms with Gasteiger partial charge < -0.3 is 19.5 Å². The average molecular weight is 371 g/mol. The van der Waals surface area contributed by atoms with Crippen LogP contribution in [0.15, 0.2) is 54.6 Å². The number of hydrogen-bond acceptors (Lipinski definition) is 4. The van der Waals surface area contributed by atoms with Crippen molar-refractivity contribution < 1.29 is 24.2 Å². The first kappa shape index (κ1) is 20.5. The van der Waals surface area contributed by atoms with E-state index in [0.717, 1.165) is 11.1 Å². The molecule has 2 rings (SSSR count). The summed E-state index contributed by atoms with van der Waals surface area (Å²) in [4.78, 5) is 25.0. The van der Waals surface area contributed by atoms with Crippen molar-refractivity contribution in [2.75, 3.05) is 20.8 Å². The van der Waals surface area contributed by atoms with Crippen molar-refractivity contribution in [3.8, 4) is 5.75 Å². The van der Waals surface area contributed by atoms with Crippen molar-refractivity contribution in [3.05, 3.63) is 65.7 Å². The van der Waals surface area contributed by atoms with E-state index in [0.29, 0.717) is 5.75 Å². The SMILES string of the molecule is CO[C@@H](Cc1ccc(OCC(=O)N(C)C(C)c2ccccc2)cc1)C(=O)O. The maximum absolute atomic E-state index is 12.4. The molecule has 6 heteroatoms. The molecule has 0 aliphatic heterocycles. The molecule has 0 radical (unpaired) electrons. The summed E-state index contributed by atoms with van der Waals surface area (Å²) < 4.78 is 10.5. The molecule has 0 saturated heterocycles. The van der Waals surface area contributed by atoms with E-state index in [1.165, 1.54) is 7.11 Å². The Balaban J connectivity index is 1.88. The molecule has 2 aromatic carbocycles. The third-order valence-corrected chi connectivity index (χ3v) is 4.52. The number of benzene rings is 2. The molecule has 0 heterocycles. The lowest BCUT2D eigenvalue weighted by atomic mass is 10.1. The van der Waals surface area contributed by atoms with Crippen LogP contribution in [0, 0.1) is 0 Å². The number of methoxy groups -OCH3 is 1. The van der Waals surface area contributed by atoms with Crippen LogP contribution in [0.4, 0.5) is 0 Å². The van der Waals surface area contributed by atoms with Gasteiger partial charge in [-0.3, -0.25) is 4.79 Å². The number of likely N-dealkylation sites (N-methyl/N-ethyl adjacent to an activating group) is 1. The van der Waals surface area contributed by atoms with Gasteiger partial charge in [0.15, 0.2) is 12.7 Å². The first-order valence-electron chi connectivity index (χ1n) is 8.70. The molecule has 1 unspecified atom stereocenters. The Hall–Kier alpha value is -2.86. The maximum Gasteiger partial charge on any atom is 0.333 e. The normalized spacial score (nSPS) is 12.9. The topological polar surface area (TPSA) is 76.1 Å². The Morgan fingerprint density at radius 1 is 1.07 bits per heavy atom. The van der Waals surface area contributed by atoms with Crippen LogP contribution in [-0.4, -0.2) is 48.8 Å². The van der Waals surface area contributed by atoms with E-state index < -0.39 is 12.1 Å². The summed E-state index contributed by atoms with van der Waals surface area (Å²) in [5, 5.41) is 9.02. The zero-order valence-electron chi connectivity index (χ0n) is 15.8. The Kier molecular flexibility index (Phi) is 7.37. The minimum Gasteiger partial charge on any atom is -0.484 e. The zero-order chi connectivity index (χ0) is 19.8. The Morgan fingerprint density at radius 2 is 1.70 bits per heavy atom. The van der Waals surface area contributed by atoms with E-state index in [4.69, 9.17) is 14.6 Å². The zero-order valence-corrected chi connectivity index (χ0v) is 15.8. The van der Waals surface area contributed by atoms with Gasteiger partial charge in [0.05, 0.1) is 6.04 Å². The van der Waals surface area contributed by atoms with Gasteiger partial charge in [-0.05, 0) is 30.2 Å². The van der Waals surface area contributed by atoms with Crippen LogP contribution in [0.1, 0.15) is 24.1 Å². The van der Waals surface area contributed by atoms with Crippen LogP contribution in [0.3, 0.4) is 0 Å². The second kappa shape index (κ2) is 9.73. The van der Waals surface area contributed by atoms with Crippen molar-refractivity contribution in [1.82, 2.24) is 4.90 Å². The summed E-state index contributed by atoms with van der Waals surface area (Å²) in [7, 11) is 3.12. The van der Waals surface area contributed by atoms with E-state index in [2.05, 4.69) is 0 Å². The number of carboxylic acids is 1. The van der Waals surface area contributed by atoms with Crippen molar-refractivity contribution in [1.29, 1.82) is 0 Å². The first-order valence-corrected chi connectivity index (χ1v) is 8.70.